The first-order chi connectivity index (χ1) is 11.6. The van der Waals surface area contributed by atoms with E-state index in [1.54, 1.807) is 0 Å². The third-order valence-corrected chi connectivity index (χ3v) is 6.23. The van der Waals surface area contributed by atoms with Gasteiger partial charge in [-0.25, -0.2) is 12.7 Å². The molecule has 1 aliphatic heterocycles. The van der Waals surface area contributed by atoms with Crippen LogP contribution in [0.15, 0.2) is 0 Å². The minimum atomic E-state index is -3.10. The zero-order valence-corrected chi connectivity index (χ0v) is 16.7. The van der Waals surface area contributed by atoms with E-state index in [4.69, 9.17) is 0 Å². The van der Waals surface area contributed by atoms with E-state index in [-0.39, 0.29) is 11.9 Å². The Morgan fingerprint density at radius 3 is 2.36 bits per heavy atom. The lowest BCUT2D eigenvalue weighted by atomic mass is 9.98. The van der Waals surface area contributed by atoms with Crippen molar-refractivity contribution in [1.82, 2.24) is 19.4 Å². The van der Waals surface area contributed by atoms with E-state index in [0.29, 0.717) is 32.0 Å². The third kappa shape index (κ3) is 5.04. The highest BCUT2D eigenvalue weighted by Crippen LogP contribution is 2.19. The predicted octanol–water partition coefficient (Wildman–Crippen LogP) is 1.41. The summed E-state index contributed by atoms with van der Waals surface area (Å²) in [6, 6.07) is 0.274. The van der Waals surface area contributed by atoms with E-state index < -0.39 is 10.0 Å². The van der Waals surface area contributed by atoms with Crippen molar-refractivity contribution < 1.29 is 13.2 Å². The molecule has 2 rings (SSSR count). The molecule has 0 radical (unpaired) electrons. The Hall–Kier alpha value is -1.41. The van der Waals surface area contributed by atoms with Crippen LogP contribution >= 0.6 is 0 Å². The van der Waals surface area contributed by atoms with Gasteiger partial charge in [0.05, 0.1) is 18.4 Å². The molecule has 25 heavy (non-hydrogen) atoms. The summed E-state index contributed by atoms with van der Waals surface area (Å²) in [6.07, 6.45) is 3.16. The highest BCUT2D eigenvalue weighted by Gasteiger charge is 2.25. The van der Waals surface area contributed by atoms with Gasteiger partial charge in [0.2, 0.25) is 15.9 Å². The van der Waals surface area contributed by atoms with Crippen molar-refractivity contribution >= 4 is 15.9 Å². The topological polar surface area (TPSA) is 84.3 Å². The fourth-order valence-corrected chi connectivity index (χ4v) is 4.26. The molecule has 1 aromatic rings. The molecule has 1 amide bonds. The molecule has 1 N–H and O–H groups in total. The first-order valence-electron chi connectivity index (χ1n) is 8.86. The number of carbonyl (C=O) groups excluding carboxylic acids is 1. The maximum Gasteiger partial charge on any atom is 0.224 e. The van der Waals surface area contributed by atoms with Crippen molar-refractivity contribution in [3.05, 3.63) is 17.0 Å². The number of rotatable bonds is 6. The van der Waals surface area contributed by atoms with Gasteiger partial charge in [0, 0.05) is 36.9 Å². The number of hydrogen-bond donors (Lipinski definition) is 1. The second kappa shape index (κ2) is 7.86. The van der Waals surface area contributed by atoms with Crippen LogP contribution in [-0.4, -0.2) is 54.3 Å². The lowest BCUT2D eigenvalue weighted by molar-refractivity contribution is -0.120. The smallest absolute Gasteiger partial charge is 0.224 e. The monoisotopic (exact) mass is 370 g/mol. The minimum Gasteiger partial charge on any atom is -0.356 e. The van der Waals surface area contributed by atoms with Crippen molar-refractivity contribution in [3.8, 4) is 0 Å². The Bertz CT molecular complexity index is 716. The standard InChI is InChI=1S/C17H30N4O3S/c1-12(2)21-14(4)16(13(3)19-21)10-17(22)18-11-15-6-8-20(9-7-15)25(5,23)24/h12,15H,6-11H2,1-5H3,(H,18,22). The van der Waals surface area contributed by atoms with Gasteiger partial charge in [-0.05, 0) is 46.5 Å². The van der Waals surface area contributed by atoms with Crippen LogP contribution in [0.2, 0.25) is 0 Å². The largest absolute Gasteiger partial charge is 0.356 e. The van der Waals surface area contributed by atoms with Gasteiger partial charge >= 0.3 is 0 Å². The van der Waals surface area contributed by atoms with Gasteiger partial charge in [-0.3, -0.25) is 9.48 Å². The molecule has 7 nitrogen and oxygen atoms in total. The highest BCUT2D eigenvalue weighted by molar-refractivity contribution is 7.88. The summed E-state index contributed by atoms with van der Waals surface area (Å²) in [5.41, 5.74) is 2.95. The zero-order chi connectivity index (χ0) is 18.8. The lowest BCUT2D eigenvalue weighted by Gasteiger charge is -2.30. The maximum absolute atomic E-state index is 12.3. The fraction of sp³-hybridized carbons (Fsp3) is 0.765. The second-order valence-corrected chi connectivity index (χ2v) is 9.26. The number of aryl methyl sites for hydroxylation is 1. The molecule has 1 saturated heterocycles. The van der Waals surface area contributed by atoms with Crippen molar-refractivity contribution in [2.24, 2.45) is 5.92 Å². The van der Waals surface area contributed by atoms with E-state index >= 15 is 0 Å². The number of amides is 1. The molecule has 0 unspecified atom stereocenters. The number of hydrogen-bond acceptors (Lipinski definition) is 4. The second-order valence-electron chi connectivity index (χ2n) is 7.27. The van der Waals surface area contributed by atoms with Crippen LogP contribution in [-0.2, 0) is 21.2 Å². The van der Waals surface area contributed by atoms with E-state index in [1.807, 2.05) is 18.5 Å². The first-order valence-corrected chi connectivity index (χ1v) is 10.7. The summed E-state index contributed by atoms with van der Waals surface area (Å²) in [6.45, 7) is 9.78. The van der Waals surface area contributed by atoms with Crippen LogP contribution in [0, 0.1) is 19.8 Å². The van der Waals surface area contributed by atoms with Crippen LogP contribution in [0.25, 0.3) is 0 Å². The molecule has 0 aliphatic carbocycles. The number of aromatic nitrogens is 2. The zero-order valence-electron chi connectivity index (χ0n) is 15.9. The van der Waals surface area contributed by atoms with Gasteiger partial charge in [-0.2, -0.15) is 5.10 Å². The van der Waals surface area contributed by atoms with Gasteiger partial charge in [-0.1, -0.05) is 0 Å². The summed E-state index contributed by atoms with van der Waals surface area (Å²) < 4.78 is 26.5. The predicted molar refractivity (Wildman–Crippen MR) is 97.9 cm³/mol. The van der Waals surface area contributed by atoms with Gasteiger partial charge in [-0.15, -0.1) is 0 Å². The Kier molecular flexibility index (Phi) is 6.26. The van der Waals surface area contributed by atoms with Crippen molar-refractivity contribution in [2.45, 2.75) is 53.0 Å². The maximum atomic E-state index is 12.3. The molecule has 2 heterocycles. The Labute approximate surface area is 150 Å². The lowest BCUT2D eigenvalue weighted by Crippen LogP contribution is -2.41. The van der Waals surface area contributed by atoms with Crippen molar-refractivity contribution in [2.75, 3.05) is 25.9 Å². The molecule has 1 aliphatic rings. The highest BCUT2D eigenvalue weighted by atomic mass is 32.2. The number of carbonyl (C=O) groups is 1. The summed E-state index contributed by atoms with van der Waals surface area (Å²) in [5, 5.41) is 7.52. The number of sulfonamides is 1. The average molecular weight is 371 g/mol. The van der Waals surface area contributed by atoms with E-state index in [9.17, 15) is 13.2 Å². The SMILES string of the molecule is Cc1nn(C(C)C)c(C)c1CC(=O)NCC1CCN(S(C)(=O)=O)CC1. The Balaban J connectivity index is 1.84. The molecule has 1 fully saturated rings. The number of nitrogens with one attached hydrogen (secondary N) is 1. The quantitative estimate of drug-likeness (QED) is 0.821. The van der Waals surface area contributed by atoms with Gasteiger partial charge in [0.1, 0.15) is 0 Å². The van der Waals surface area contributed by atoms with Crippen LogP contribution in [0.4, 0.5) is 0 Å². The van der Waals surface area contributed by atoms with Crippen molar-refractivity contribution in [1.29, 1.82) is 0 Å². The summed E-state index contributed by atoms with van der Waals surface area (Å²) in [7, 11) is -3.10. The van der Waals surface area contributed by atoms with E-state index in [0.717, 1.165) is 29.8 Å². The number of nitrogens with zero attached hydrogens (tertiary/aromatic N) is 3. The molecule has 1 aromatic heterocycles. The molecule has 0 saturated carbocycles. The molecular formula is C17H30N4O3S. The summed E-state index contributed by atoms with van der Waals surface area (Å²) in [5.74, 6) is 0.336. The normalized spacial score (nSPS) is 17.2. The molecule has 8 heteroatoms. The van der Waals surface area contributed by atoms with Crippen LogP contribution in [0.5, 0.6) is 0 Å². The fourth-order valence-electron chi connectivity index (χ4n) is 3.38. The van der Waals surface area contributed by atoms with Crippen LogP contribution in [0.1, 0.15) is 49.7 Å². The molecule has 0 atom stereocenters. The van der Waals surface area contributed by atoms with Gasteiger partial charge < -0.3 is 5.32 Å². The Morgan fingerprint density at radius 1 is 1.28 bits per heavy atom. The van der Waals surface area contributed by atoms with Gasteiger partial charge in [0.25, 0.3) is 0 Å². The minimum absolute atomic E-state index is 0.0000452. The summed E-state index contributed by atoms with van der Waals surface area (Å²) in [4.78, 5) is 12.3. The van der Waals surface area contributed by atoms with Crippen molar-refractivity contribution in [3.63, 3.8) is 0 Å². The number of piperidine rings is 1. The van der Waals surface area contributed by atoms with Crippen LogP contribution < -0.4 is 5.32 Å². The van der Waals surface area contributed by atoms with E-state index in [1.165, 1.54) is 10.6 Å². The molecule has 0 bridgehead atoms. The molecule has 0 spiro atoms. The molecule has 142 valence electrons. The average Bonchev–Trinajstić information content (AvgIpc) is 2.81. The molecular weight excluding hydrogens is 340 g/mol. The van der Waals surface area contributed by atoms with Crippen LogP contribution in [0.3, 0.4) is 0 Å². The van der Waals surface area contributed by atoms with Gasteiger partial charge in [0.15, 0.2) is 0 Å². The summed E-state index contributed by atoms with van der Waals surface area (Å²) >= 11 is 0. The third-order valence-electron chi connectivity index (χ3n) is 4.93. The molecule has 0 aromatic carbocycles. The first kappa shape index (κ1) is 19.9. The van der Waals surface area contributed by atoms with E-state index in [2.05, 4.69) is 24.3 Å². The Morgan fingerprint density at radius 2 is 1.88 bits per heavy atom.